The van der Waals surface area contributed by atoms with E-state index in [4.69, 9.17) is 16.3 Å². The summed E-state index contributed by atoms with van der Waals surface area (Å²) in [5.74, 6) is 0.882. The van der Waals surface area contributed by atoms with Gasteiger partial charge in [0.2, 0.25) is 0 Å². The molecule has 2 aromatic heterocycles. The third kappa shape index (κ3) is 2.94. The predicted octanol–water partition coefficient (Wildman–Crippen LogP) is 3.07. The van der Waals surface area contributed by atoms with E-state index in [0.29, 0.717) is 17.6 Å². The van der Waals surface area contributed by atoms with Crippen molar-refractivity contribution < 1.29 is 4.74 Å². The summed E-state index contributed by atoms with van der Waals surface area (Å²) >= 11 is 6.11. The first-order valence-electron chi connectivity index (χ1n) is 7.80. The van der Waals surface area contributed by atoms with Crippen molar-refractivity contribution in [2.24, 2.45) is 4.99 Å². The minimum Gasteiger partial charge on any atom is -0.381 e. The molecule has 118 valence electrons. The molecule has 1 N–H and O–H groups in total. The number of nitrogens with one attached hydrogen (secondary N) is 1. The summed E-state index contributed by atoms with van der Waals surface area (Å²) < 4.78 is 5.42. The maximum atomic E-state index is 6.11. The molecule has 0 bridgehead atoms. The Bertz CT molecular complexity index is 756. The predicted molar refractivity (Wildman–Crippen MR) is 90.3 cm³/mol. The van der Waals surface area contributed by atoms with E-state index in [9.17, 15) is 0 Å². The van der Waals surface area contributed by atoms with Crippen LogP contribution < -0.4 is 5.32 Å². The molecule has 0 atom stereocenters. The zero-order valence-corrected chi connectivity index (χ0v) is 13.4. The Balaban J connectivity index is 1.68. The van der Waals surface area contributed by atoms with E-state index in [2.05, 4.69) is 20.3 Å². The summed E-state index contributed by atoms with van der Waals surface area (Å²) in [7, 11) is 0. The fourth-order valence-corrected chi connectivity index (χ4v) is 3.19. The summed E-state index contributed by atoms with van der Waals surface area (Å²) in [6.45, 7) is 2.25. The van der Waals surface area contributed by atoms with Crippen molar-refractivity contribution >= 4 is 23.1 Å². The van der Waals surface area contributed by atoms with Crippen molar-refractivity contribution in [3.63, 3.8) is 0 Å². The minimum atomic E-state index is 0.386. The molecular weight excluding hydrogens is 312 g/mol. The molecule has 4 heterocycles. The molecule has 2 aliphatic rings. The van der Waals surface area contributed by atoms with E-state index < -0.39 is 0 Å². The number of aromatic nitrogens is 2. The molecule has 5 nitrogen and oxygen atoms in total. The van der Waals surface area contributed by atoms with Gasteiger partial charge in [0.15, 0.2) is 0 Å². The van der Waals surface area contributed by atoms with Crippen LogP contribution in [0.4, 0.5) is 5.82 Å². The van der Waals surface area contributed by atoms with Gasteiger partial charge in [-0.1, -0.05) is 11.6 Å². The second-order valence-electron chi connectivity index (χ2n) is 5.75. The van der Waals surface area contributed by atoms with Gasteiger partial charge in [0.25, 0.3) is 0 Å². The fraction of sp³-hybridized carbons (Fsp3) is 0.353. The van der Waals surface area contributed by atoms with Gasteiger partial charge in [-0.05, 0) is 36.6 Å². The molecule has 1 saturated heterocycles. The standard InChI is InChI=1S/C17H17ClN4O/c18-12-2-6-19-14(9-12)16-15-11(10-21-16)1-5-20-17(15)22-13-3-7-23-8-4-13/h1-2,5-6,9,13H,3-4,7-8,10H2,(H,20,22). The van der Waals surface area contributed by atoms with Crippen LogP contribution in [-0.2, 0) is 11.3 Å². The molecule has 0 amide bonds. The van der Waals surface area contributed by atoms with Gasteiger partial charge in [-0.15, -0.1) is 0 Å². The van der Waals surface area contributed by atoms with Crippen LogP contribution in [0.2, 0.25) is 5.02 Å². The molecule has 0 saturated carbocycles. The van der Waals surface area contributed by atoms with Crippen molar-refractivity contribution in [1.82, 2.24) is 9.97 Å². The number of hydrogen-bond donors (Lipinski definition) is 1. The van der Waals surface area contributed by atoms with Crippen LogP contribution in [0.1, 0.15) is 29.7 Å². The first-order valence-corrected chi connectivity index (χ1v) is 8.18. The van der Waals surface area contributed by atoms with E-state index in [1.807, 2.05) is 18.3 Å². The fourth-order valence-electron chi connectivity index (χ4n) is 3.03. The average molecular weight is 329 g/mol. The number of hydrogen-bond acceptors (Lipinski definition) is 5. The van der Waals surface area contributed by atoms with Crippen LogP contribution in [0.25, 0.3) is 0 Å². The SMILES string of the molecule is Clc1ccnc(C2=NCc3ccnc(NC4CCOCC4)c32)c1. The number of nitrogens with zero attached hydrogens (tertiary/aromatic N) is 3. The smallest absolute Gasteiger partial charge is 0.136 e. The van der Waals surface area contributed by atoms with Crippen molar-refractivity contribution in [1.29, 1.82) is 0 Å². The average Bonchev–Trinajstić information content (AvgIpc) is 3.01. The normalized spacial score (nSPS) is 17.7. The maximum absolute atomic E-state index is 6.11. The van der Waals surface area contributed by atoms with Gasteiger partial charge in [-0.3, -0.25) is 9.98 Å². The summed E-state index contributed by atoms with van der Waals surface area (Å²) in [5, 5.41) is 4.22. The van der Waals surface area contributed by atoms with Crippen molar-refractivity contribution in [2.75, 3.05) is 18.5 Å². The highest BCUT2D eigenvalue weighted by Gasteiger charge is 2.25. The minimum absolute atomic E-state index is 0.386. The van der Waals surface area contributed by atoms with Crippen LogP contribution in [0.15, 0.2) is 35.6 Å². The Hall–Kier alpha value is -1.98. The van der Waals surface area contributed by atoms with E-state index in [1.165, 1.54) is 5.56 Å². The Morgan fingerprint density at radius 3 is 2.78 bits per heavy atom. The lowest BCUT2D eigenvalue weighted by molar-refractivity contribution is 0.0904. The van der Waals surface area contributed by atoms with E-state index in [1.54, 1.807) is 12.3 Å². The third-order valence-electron chi connectivity index (χ3n) is 4.21. The van der Waals surface area contributed by atoms with E-state index >= 15 is 0 Å². The lowest BCUT2D eigenvalue weighted by Crippen LogP contribution is -2.29. The molecule has 1 fully saturated rings. The molecule has 0 unspecified atom stereocenters. The highest BCUT2D eigenvalue weighted by Crippen LogP contribution is 2.29. The second kappa shape index (κ2) is 6.26. The highest BCUT2D eigenvalue weighted by atomic mass is 35.5. The van der Waals surface area contributed by atoms with Crippen LogP contribution in [0, 0.1) is 0 Å². The Labute approximate surface area is 139 Å². The molecule has 0 aromatic carbocycles. The van der Waals surface area contributed by atoms with E-state index in [0.717, 1.165) is 48.8 Å². The molecule has 2 aliphatic heterocycles. The van der Waals surface area contributed by atoms with Crippen molar-refractivity contribution in [3.05, 3.63) is 52.4 Å². The van der Waals surface area contributed by atoms with Gasteiger partial charge in [0.1, 0.15) is 5.82 Å². The summed E-state index contributed by atoms with van der Waals surface area (Å²) in [6, 6.07) is 6.02. The number of rotatable bonds is 3. The third-order valence-corrected chi connectivity index (χ3v) is 4.44. The number of aliphatic imine (C=N–C) groups is 1. The first-order chi connectivity index (χ1) is 11.3. The first kappa shape index (κ1) is 14.6. The second-order valence-corrected chi connectivity index (χ2v) is 6.19. The summed E-state index contributed by atoms with van der Waals surface area (Å²) in [5.41, 5.74) is 3.88. The maximum Gasteiger partial charge on any atom is 0.136 e. The topological polar surface area (TPSA) is 59.4 Å². The largest absolute Gasteiger partial charge is 0.381 e. The van der Waals surface area contributed by atoms with Crippen molar-refractivity contribution in [3.8, 4) is 0 Å². The zero-order valence-electron chi connectivity index (χ0n) is 12.6. The molecule has 0 spiro atoms. The Kier molecular flexibility index (Phi) is 3.97. The molecule has 2 aromatic rings. The lowest BCUT2D eigenvalue weighted by atomic mass is 10.0. The molecule has 0 radical (unpaired) electrons. The zero-order chi connectivity index (χ0) is 15.6. The number of pyridine rings is 2. The van der Waals surface area contributed by atoms with Gasteiger partial charge in [-0.25, -0.2) is 4.98 Å². The number of halogens is 1. The highest BCUT2D eigenvalue weighted by molar-refractivity contribution is 6.31. The Morgan fingerprint density at radius 2 is 1.96 bits per heavy atom. The van der Waals surface area contributed by atoms with Crippen molar-refractivity contribution in [2.45, 2.75) is 25.4 Å². The van der Waals surface area contributed by atoms with Gasteiger partial charge in [0, 0.05) is 42.2 Å². The molecule has 6 heteroatoms. The van der Waals surface area contributed by atoms with E-state index in [-0.39, 0.29) is 0 Å². The molecule has 0 aliphatic carbocycles. The van der Waals surface area contributed by atoms with Gasteiger partial charge >= 0.3 is 0 Å². The summed E-state index contributed by atoms with van der Waals surface area (Å²) in [6.07, 6.45) is 5.53. The van der Waals surface area contributed by atoms with Gasteiger partial charge < -0.3 is 10.1 Å². The monoisotopic (exact) mass is 328 g/mol. The number of anilines is 1. The van der Waals surface area contributed by atoms with Crippen LogP contribution in [0.5, 0.6) is 0 Å². The van der Waals surface area contributed by atoms with Crippen LogP contribution >= 0.6 is 11.6 Å². The lowest BCUT2D eigenvalue weighted by Gasteiger charge is -2.24. The van der Waals surface area contributed by atoms with Crippen LogP contribution in [0.3, 0.4) is 0 Å². The quantitative estimate of drug-likeness (QED) is 0.940. The molecule has 23 heavy (non-hydrogen) atoms. The van der Waals surface area contributed by atoms with Crippen LogP contribution in [-0.4, -0.2) is 34.9 Å². The van der Waals surface area contributed by atoms with Gasteiger partial charge in [-0.2, -0.15) is 0 Å². The van der Waals surface area contributed by atoms with Gasteiger partial charge in [0.05, 0.1) is 18.0 Å². The number of fused-ring (bicyclic) bond motifs is 1. The summed E-state index contributed by atoms with van der Waals surface area (Å²) in [4.78, 5) is 13.6. The molecular formula is C17H17ClN4O. The molecule has 4 rings (SSSR count). The number of ether oxygens (including phenoxy) is 1. The Morgan fingerprint density at radius 1 is 1.13 bits per heavy atom.